The summed E-state index contributed by atoms with van der Waals surface area (Å²) in [7, 11) is 0. The van der Waals surface area contributed by atoms with Crippen LogP contribution in [0.4, 0.5) is 0 Å². The van der Waals surface area contributed by atoms with Crippen molar-refractivity contribution < 1.29 is 19.0 Å². The van der Waals surface area contributed by atoms with Crippen molar-refractivity contribution in [1.29, 1.82) is 0 Å². The van der Waals surface area contributed by atoms with Gasteiger partial charge >= 0.3 is 5.97 Å². The molecule has 0 N–H and O–H groups in total. The van der Waals surface area contributed by atoms with E-state index in [1.165, 1.54) is 0 Å². The fourth-order valence-electron chi connectivity index (χ4n) is 5.10. The summed E-state index contributed by atoms with van der Waals surface area (Å²) in [4.78, 5) is 12.7. The van der Waals surface area contributed by atoms with Gasteiger partial charge in [0.2, 0.25) is 5.60 Å². The Morgan fingerprint density at radius 2 is 1.66 bits per heavy atom. The zero-order valence-corrected chi connectivity index (χ0v) is 21.7. The summed E-state index contributed by atoms with van der Waals surface area (Å²) >= 11 is 2.77. The van der Waals surface area contributed by atoms with E-state index in [4.69, 9.17) is 23.0 Å². The first-order valence-electron chi connectivity index (χ1n) is 11.5. The van der Waals surface area contributed by atoms with E-state index < -0.39 is 16.5 Å². The number of nitrogens with zero attached hydrogens (tertiary/aromatic N) is 2. The molecule has 0 spiro atoms. The van der Waals surface area contributed by atoms with Gasteiger partial charge in [-0.15, -0.1) is 11.8 Å². The molecule has 2 unspecified atom stereocenters. The maximum Gasteiger partial charge on any atom is 0.355 e. The van der Waals surface area contributed by atoms with E-state index in [0.717, 1.165) is 61.7 Å². The first-order valence-corrected chi connectivity index (χ1v) is 13.4. The van der Waals surface area contributed by atoms with Gasteiger partial charge in [0.05, 0.1) is 29.5 Å². The maximum absolute atomic E-state index is 13.3. The van der Waals surface area contributed by atoms with E-state index in [0.29, 0.717) is 11.5 Å². The molecule has 6 nitrogen and oxygen atoms in total. The first-order chi connectivity index (χ1) is 16.8. The average molecular weight is 505 g/mol. The van der Waals surface area contributed by atoms with Crippen LogP contribution in [0.3, 0.4) is 0 Å². The molecule has 0 fully saturated rings. The number of thioether (sulfide) groups is 1. The molecule has 0 radical (unpaired) electrons. The molecule has 3 aromatic carbocycles. The number of aromatic nitrogens is 2. The molecule has 0 amide bonds. The van der Waals surface area contributed by atoms with Crippen LogP contribution >= 0.6 is 23.5 Å². The van der Waals surface area contributed by atoms with E-state index in [-0.39, 0.29) is 6.61 Å². The monoisotopic (exact) mass is 504 g/mol. The van der Waals surface area contributed by atoms with Crippen LogP contribution in [-0.2, 0) is 20.1 Å². The zero-order valence-electron chi connectivity index (χ0n) is 20.1. The van der Waals surface area contributed by atoms with Crippen LogP contribution in [0.1, 0.15) is 37.5 Å². The molecule has 8 heteroatoms. The van der Waals surface area contributed by atoms with Gasteiger partial charge in [-0.05, 0) is 45.1 Å². The number of rotatable bonds is 3. The highest BCUT2D eigenvalue weighted by Crippen LogP contribution is 2.61. The highest BCUT2D eigenvalue weighted by atomic mass is 32.2. The highest BCUT2D eigenvalue weighted by Gasteiger charge is 2.49. The number of hydrogen-bond acceptors (Lipinski definition) is 8. The number of ether oxygens (including phenoxy) is 3. The Balaban J connectivity index is 1.75. The molecule has 1 aromatic heterocycles. The van der Waals surface area contributed by atoms with E-state index in [9.17, 15) is 4.79 Å². The topological polar surface area (TPSA) is 70.5 Å². The lowest BCUT2D eigenvalue weighted by Gasteiger charge is -2.41. The molecule has 178 valence electrons. The lowest BCUT2D eigenvalue weighted by molar-refractivity contribution is -0.161. The van der Waals surface area contributed by atoms with Gasteiger partial charge in [0.25, 0.3) is 0 Å². The summed E-state index contributed by atoms with van der Waals surface area (Å²) in [6.45, 7) is 7.88. The van der Waals surface area contributed by atoms with Crippen LogP contribution in [0, 0.1) is 6.92 Å². The second kappa shape index (κ2) is 7.70. The smallest absolute Gasteiger partial charge is 0.355 e. The van der Waals surface area contributed by atoms with Gasteiger partial charge < -0.3 is 14.2 Å². The van der Waals surface area contributed by atoms with Crippen LogP contribution in [0.25, 0.3) is 33.3 Å². The molecular weight excluding hydrogens is 480 g/mol. The van der Waals surface area contributed by atoms with Gasteiger partial charge in [-0.3, -0.25) is 0 Å². The minimum absolute atomic E-state index is 0.257. The van der Waals surface area contributed by atoms with Crippen molar-refractivity contribution in [2.75, 3.05) is 12.9 Å². The van der Waals surface area contributed by atoms with Gasteiger partial charge in [-0.1, -0.05) is 48.0 Å². The van der Waals surface area contributed by atoms with Crippen LogP contribution in [0.15, 0.2) is 42.5 Å². The van der Waals surface area contributed by atoms with Crippen LogP contribution < -0.4 is 9.47 Å². The third-order valence-corrected chi connectivity index (χ3v) is 8.53. The average Bonchev–Trinajstić information content (AvgIpc) is 3.34. The van der Waals surface area contributed by atoms with Crippen molar-refractivity contribution in [3.8, 4) is 33.8 Å². The molecule has 2 aliphatic rings. The molecule has 35 heavy (non-hydrogen) atoms. The second-order valence-electron chi connectivity index (χ2n) is 9.07. The normalized spacial score (nSPS) is 21.7. The Kier molecular flexibility index (Phi) is 4.92. The lowest BCUT2D eigenvalue weighted by Crippen LogP contribution is -2.43. The van der Waals surface area contributed by atoms with Crippen LogP contribution in [0.2, 0.25) is 0 Å². The Bertz CT molecular complexity index is 1530. The van der Waals surface area contributed by atoms with Gasteiger partial charge in [0, 0.05) is 11.1 Å². The molecule has 2 atom stereocenters. The summed E-state index contributed by atoms with van der Waals surface area (Å²) in [5.74, 6) is 0.644. The molecule has 4 aromatic rings. The zero-order chi connectivity index (χ0) is 24.5. The number of aryl methyl sites for hydroxylation is 1. The number of benzene rings is 3. The van der Waals surface area contributed by atoms with Crippen molar-refractivity contribution in [3.63, 3.8) is 0 Å². The fraction of sp³-hybridized carbons (Fsp3) is 0.296. The number of carbonyl (C=O) groups excluding carboxylic acids is 1. The summed E-state index contributed by atoms with van der Waals surface area (Å²) in [6.07, 6.45) is 2.03. The molecule has 0 saturated heterocycles. The van der Waals surface area contributed by atoms with Gasteiger partial charge in [0.15, 0.2) is 16.4 Å². The highest BCUT2D eigenvalue weighted by molar-refractivity contribution is 7.99. The van der Waals surface area contributed by atoms with Crippen molar-refractivity contribution in [2.24, 2.45) is 0 Å². The van der Waals surface area contributed by atoms with Gasteiger partial charge in [-0.25, -0.2) is 4.79 Å². The molecule has 3 heterocycles. The SMILES string of the molecule is CCOC(=O)C1(C)Oc2c3c(c4nsnc4c2-c2ccc(C)cc21)-c1ccccc1C(C)(SC)O3. The Morgan fingerprint density at radius 3 is 2.34 bits per heavy atom. The van der Waals surface area contributed by atoms with Crippen LogP contribution in [-0.4, -0.2) is 27.6 Å². The lowest BCUT2D eigenvalue weighted by atomic mass is 9.81. The summed E-state index contributed by atoms with van der Waals surface area (Å²) in [5, 5.41) is 0. The molecule has 6 rings (SSSR count). The van der Waals surface area contributed by atoms with Crippen LogP contribution in [0.5, 0.6) is 11.5 Å². The van der Waals surface area contributed by atoms with Crippen molar-refractivity contribution in [1.82, 2.24) is 8.75 Å². The first kappa shape index (κ1) is 22.4. The quantitative estimate of drug-likeness (QED) is 0.298. The van der Waals surface area contributed by atoms with Crippen molar-refractivity contribution in [2.45, 2.75) is 38.2 Å². The fourth-order valence-corrected chi connectivity index (χ4v) is 6.23. The number of fused-ring (bicyclic) bond motifs is 10. The predicted molar refractivity (Wildman–Crippen MR) is 139 cm³/mol. The molecule has 0 saturated carbocycles. The Hall–Kier alpha value is -3.10. The third-order valence-electron chi connectivity index (χ3n) is 6.92. The predicted octanol–water partition coefficient (Wildman–Crippen LogP) is 6.43. The van der Waals surface area contributed by atoms with E-state index in [2.05, 4.69) is 19.1 Å². The minimum atomic E-state index is -1.34. The minimum Gasteiger partial charge on any atom is -0.468 e. The Morgan fingerprint density at radius 1 is 1.00 bits per heavy atom. The molecule has 0 aliphatic carbocycles. The van der Waals surface area contributed by atoms with Gasteiger partial charge in [-0.2, -0.15) is 8.75 Å². The standard InChI is InChI=1S/C27H24N2O4S2/c1-6-31-25(30)26(3)18-13-14(2)11-12-16(18)20-22-21(28-35-29-22)19-15-9-7-8-10-17(15)27(4,34-5)33-24(19)23(20)32-26/h7-13H,6H2,1-5H3. The largest absolute Gasteiger partial charge is 0.468 e. The van der Waals surface area contributed by atoms with Crippen molar-refractivity contribution >= 4 is 40.5 Å². The molecule has 0 bridgehead atoms. The molecule has 2 aliphatic heterocycles. The van der Waals surface area contributed by atoms with Crippen molar-refractivity contribution in [3.05, 3.63) is 59.2 Å². The third kappa shape index (κ3) is 2.99. The molecular formula is C27H24N2O4S2. The summed E-state index contributed by atoms with van der Waals surface area (Å²) in [6, 6.07) is 14.3. The van der Waals surface area contributed by atoms with E-state index in [1.807, 2.05) is 43.5 Å². The Labute approximate surface area is 211 Å². The number of carbonyl (C=O) groups is 1. The summed E-state index contributed by atoms with van der Waals surface area (Å²) < 4.78 is 28.3. The van der Waals surface area contributed by atoms with E-state index >= 15 is 0 Å². The number of esters is 1. The maximum atomic E-state index is 13.3. The second-order valence-corrected chi connectivity index (χ2v) is 10.8. The summed E-state index contributed by atoms with van der Waals surface area (Å²) in [5.41, 5.74) is 6.56. The van der Waals surface area contributed by atoms with Gasteiger partial charge in [0.1, 0.15) is 11.0 Å². The number of hydrogen-bond donors (Lipinski definition) is 0. The van der Waals surface area contributed by atoms with E-state index in [1.54, 1.807) is 25.6 Å².